The minimum Gasteiger partial charge on any atom is -0.484 e. The van der Waals surface area contributed by atoms with E-state index < -0.39 is 0 Å². The Morgan fingerprint density at radius 3 is 2.38 bits per heavy atom. The lowest BCUT2D eigenvalue weighted by atomic mass is 9.94. The van der Waals surface area contributed by atoms with Gasteiger partial charge >= 0.3 is 0 Å². The molecule has 1 spiro atoms. The second-order valence-corrected chi connectivity index (χ2v) is 9.54. The summed E-state index contributed by atoms with van der Waals surface area (Å²) in [6.45, 7) is 4.32. The standard InChI is InChI=1S/C29H32N2O3/c1-2-27(30-34-20-22-7-8-23-5-3-4-6-25(23)19-22)24-9-11-26(12-10-24)33-21-28(32)31-17-15-29(13-14-29)16-18-31/h3-12,19H,2,13-18,20-21H2,1H3. The Hall–Kier alpha value is -3.34. The summed E-state index contributed by atoms with van der Waals surface area (Å²) in [5, 5.41) is 6.80. The maximum atomic E-state index is 12.5. The van der Waals surface area contributed by atoms with Crippen LogP contribution in [-0.4, -0.2) is 36.2 Å². The molecular formula is C29H32N2O3. The lowest BCUT2D eigenvalue weighted by Gasteiger charge is -2.32. The van der Waals surface area contributed by atoms with Gasteiger partial charge in [0, 0.05) is 13.1 Å². The zero-order chi connectivity index (χ0) is 23.4. The zero-order valence-electron chi connectivity index (χ0n) is 19.8. The number of likely N-dealkylation sites (tertiary alicyclic amines) is 1. The number of nitrogens with zero attached hydrogens (tertiary/aromatic N) is 2. The third-order valence-electron chi connectivity index (χ3n) is 7.24. The Balaban J connectivity index is 1.13. The van der Waals surface area contributed by atoms with Gasteiger partial charge in [-0.25, -0.2) is 0 Å². The summed E-state index contributed by atoms with van der Waals surface area (Å²) in [4.78, 5) is 20.1. The third-order valence-corrected chi connectivity index (χ3v) is 7.24. The molecule has 1 saturated heterocycles. The van der Waals surface area contributed by atoms with Crippen molar-refractivity contribution >= 4 is 22.4 Å². The lowest BCUT2D eigenvalue weighted by molar-refractivity contribution is -0.134. The van der Waals surface area contributed by atoms with Gasteiger partial charge in [-0.3, -0.25) is 4.79 Å². The first-order valence-electron chi connectivity index (χ1n) is 12.3. The van der Waals surface area contributed by atoms with Crippen LogP contribution in [0.15, 0.2) is 71.9 Å². The molecule has 0 radical (unpaired) electrons. The minimum absolute atomic E-state index is 0.0810. The van der Waals surface area contributed by atoms with Crippen LogP contribution >= 0.6 is 0 Å². The van der Waals surface area contributed by atoms with Crippen LogP contribution in [0.2, 0.25) is 0 Å². The van der Waals surface area contributed by atoms with Gasteiger partial charge in [-0.15, -0.1) is 0 Å². The van der Waals surface area contributed by atoms with E-state index in [4.69, 9.17) is 9.57 Å². The second kappa shape index (κ2) is 9.88. The van der Waals surface area contributed by atoms with Crippen molar-refractivity contribution in [2.24, 2.45) is 10.6 Å². The normalized spacial score (nSPS) is 17.1. The Kier molecular flexibility index (Phi) is 6.52. The summed E-state index contributed by atoms with van der Waals surface area (Å²) in [6.07, 6.45) is 5.74. The quantitative estimate of drug-likeness (QED) is 0.311. The summed E-state index contributed by atoms with van der Waals surface area (Å²) >= 11 is 0. The van der Waals surface area contributed by atoms with E-state index in [0.29, 0.717) is 17.8 Å². The van der Waals surface area contributed by atoms with Crippen molar-refractivity contribution in [2.45, 2.75) is 45.6 Å². The predicted octanol–water partition coefficient (Wildman–Crippen LogP) is 5.95. The fraction of sp³-hybridized carbons (Fsp3) is 0.379. The van der Waals surface area contributed by atoms with Gasteiger partial charge in [0.2, 0.25) is 0 Å². The molecule has 5 rings (SSSR count). The fourth-order valence-electron chi connectivity index (χ4n) is 4.72. The van der Waals surface area contributed by atoms with Crippen LogP contribution in [0.25, 0.3) is 10.8 Å². The van der Waals surface area contributed by atoms with Crippen LogP contribution < -0.4 is 4.74 Å². The van der Waals surface area contributed by atoms with Crippen molar-refractivity contribution < 1.29 is 14.4 Å². The molecule has 0 aromatic heterocycles. The van der Waals surface area contributed by atoms with Crippen molar-refractivity contribution in [2.75, 3.05) is 19.7 Å². The number of fused-ring (bicyclic) bond motifs is 1. The second-order valence-electron chi connectivity index (χ2n) is 9.54. The highest BCUT2D eigenvalue weighted by molar-refractivity contribution is 6.00. The average Bonchev–Trinajstić information content (AvgIpc) is 3.64. The number of hydrogen-bond donors (Lipinski definition) is 0. The first-order chi connectivity index (χ1) is 16.6. The van der Waals surface area contributed by atoms with Crippen molar-refractivity contribution in [3.63, 3.8) is 0 Å². The van der Waals surface area contributed by atoms with Crippen LogP contribution in [0.4, 0.5) is 0 Å². The van der Waals surface area contributed by atoms with E-state index in [9.17, 15) is 4.79 Å². The van der Waals surface area contributed by atoms with E-state index in [1.54, 1.807) is 0 Å². The van der Waals surface area contributed by atoms with Crippen molar-refractivity contribution in [3.05, 3.63) is 77.9 Å². The van der Waals surface area contributed by atoms with E-state index in [2.05, 4.69) is 42.4 Å². The van der Waals surface area contributed by atoms with E-state index in [-0.39, 0.29) is 12.5 Å². The smallest absolute Gasteiger partial charge is 0.260 e. The molecule has 34 heavy (non-hydrogen) atoms. The van der Waals surface area contributed by atoms with E-state index in [0.717, 1.165) is 49.2 Å². The lowest BCUT2D eigenvalue weighted by Crippen LogP contribution is -2.41. The van der Waals surface area contributed by atoms with Crippen molar-refractivity contribution in [1.29, 1.82) is 0 Å². The number of amides is 1. The van der Waals surface area contributed by atoms with Crippen LogP contribution in [0.3, 0.4) is 0 Å². The van der Waals surface area contributed by atoms with Gasteiger partial charge in [0.1, 0.15) is 12.4 Å². The zero-order valence-corrected chi connectivity index (χ0v) is 19.8. The number of carbonyl (C=O) groups is 1. The predicted molar refractivity (Wildman–Crippen MR) is 135 cm³/mol. The third kappa shape index (κ3) is 5.24. The van der Waals surface area contributed by atoms with E-state index in [1.165, 1.54) is 23.6 Å². The Bertz CT molecular complexity index is 1170. The minimum atomic E-state index is 0.0810. The van der Waals surface area contributed by atoms with Crippen LogP contribution in [0, 0.1) is 5.41 Å². The van der Waals surface area contributed by atoms with Gasteiger partial charge in [-0.2, -0.15) is 0 Å². The summed E-state index contributed by atoms with van der Waals surface area (Å²) < 4.78 is 5.77. The molecule has 0 atom stereocenters. The van der Waals surface area contributed by atoms with Crippen LogP contribution in [0.5, 0.6) is 5.75 Å². The molecule has 1 heterocycles. The Morgan fingerprint density at radius 2 is 1.68 bits per heavy atom. The molecule has 5 nitrogen and oxygen atoms in total. The van der Waals surface area contributed by atoms with Crippen LogP contribution in [-0.2, 0) is 16.2 Å². The Morgan fingerprint density at radius 1 is 0.941 bits per heavy atom. The topological polar surface area (TPSA) is 51.1 Å². The summed E-state index contributed by atoms with van der Waals surface area (Å²) in [7, 11) is 0. The molecule has 176 valence electrons. The van der Waals surface area contributed by atoms with Gasteiger partial charge in [-0.1, -0.05) is 48.5 Å². The maximum Gasteiger partial charge on any atom is 0.260 e. The number of benzene rings is 3. The highest BCUT2D eigenvalue weighted by Crippen LogP contribution is 2.53. The molecule has 0 N–H and O–H groups in total. The average molecular weight is 457 g/mol. The largest absolute Gasteiger partial charge is 0.484 e. The van der Waals surface area contributed by atoms with Gasteiger partial charge in [0.05, 0.1) is 5.71 Å². The van der Waals surface area contributed by atoms with Gasteiger partial charge in [0.15, 0.2) is 6.61 Å². The number of oxime groups is 1. The molecule has 2 fully saturated rings. The monoisotopic (exact) mass is 456 g/mol. The number of ether oxygens (including phenoxy) is 1. The van der Waals surface area contributed by atoms with E-state index in [1.807, 2.05) is 41.3 Å². The summed E-state index contributed by atoms with van der Waals surface area (Å²) in [6, 6.07) is 22.3. The molecule has 1 amide bonds. The molecule has 5 heteroatoms. The van der Waals surface area contributed by atoms with Crippen molar-refractivity contribution in [1.82, 2.24) is 4.90 Å². The first kappa shape index (κ1) is 22.5. The molecule has 1 saturated carbocycles. The van der Waals surface area contributed by atoms with Gasteiger partial charge in [0.25, 0.3) is 5.91 Å². The number of rotatable bonds is 8. The molecule has 0 unspecified atom stereocenters. The highest BCUT2D eigenvalue weighted by Gasteiger charge is 2.45. The Labute approximate surface area is 201 Å². The highest BCUT2D eigenvalue weighted by atomic mass is 16.6. The molecule has 2 aliphatic rings. The molecule has 0 bridgehead atoms. The fourth-order valence-corrected chi connectivity index (χ4v) is 4.72. The molecule has 1 aliphatic carbocycles. The molecule has 3 aromatic rings. The molecular weight excluding hydrogens is 424 g/mol. The summed E-state index contributed by atoms with van der Waals surface area (Å²) in [5.41, 5.74) is 3.54. The number of hydrogen-bond acceptors (Lipinski definition) is 4. The van der Waals surface area contributed by atoms with Gasteiger partial charge in [-0.05, 0) is 89.8 Å². The summed E-state index contributed by atoms with van der Waals surface area (Å²) in [5.74, 6) is 0.776. The first-order valence-corrected chi connectivity index (χ1v) is 12.3. The van der Waals surface area contributed by atoms with Crippen LogP contribution in [0.1, 0.15) is 50.2 Å². The SMILES string of the molecule is CCC(=NOCc1ccc2ccccc2c1)c1ccc(OCC(=O)N2CCC3(CC2)CC3)cc1. The molecule has 3 aromatic carbocycles. The van der Waals surface area contributed by atoms with E-state index >= 15 is 0 Å². The van der Waals surface area contributed by atoms with Crippen molar-refractivity contribution in [3.8, 4) is 5.75 Å². The number of piperidine rings is 1. The number of carbonyl (C=O) groups excluding carboxylic acids is 1. The molecule has 1 aliphatic heterocycles. The maximum absolute atomic E-state index is 12.5. The van der Waals surface area contributed by atoms with Gasteiger partial charge < -0.3 is 14.5 Å².